The van der Waals surface area contributed by atoms with Gasteiger partial charge in [0, 0.05) is 38.0 Å². The third-order valence-electron chi connectivity index (χ3n) is 4.60. The summed E-state index contributed by atoms with van der Waals surface area (Å²) in [5, 5.41) is 9.97. The quantitative estimate of drug-likeness (QED) is 0.880. The number of hydrogen-bond acceptors (Lipinski definition) is 4. The first kappa shape index (κ1) is 16.7. The van der Waals surface area contributed by atoms with Crippen molar-refractivity contribution < 1.29 is 9.53 Å². The second kappa shape index (κ2) is 7.15. The van der Waals surface area contributed by atoms with Gasteiger partial charge in [-0.05, 0) is 37.6 Å². The lowest BCUT2D eigenvalue weighted by Gasteiger charge is -2.20. The summed E-state index contributed by atoms with van der Waals surface area (Å²) in [6.45, 7) is 5.97. The van der Waals surface area contributed by atoms with Gasteiger partial charge in [-0.2, -0.15) is 5.10 Å². The zero-order chi connectivity index (χ0) is 17.1. The van der Waals surface area contributed by atoms with Crippen LogP contribution in [0.15, 0.2) is 36.5 Å². The molecule has 1 aliphatic heterocycles. The average molecular weight is 328 g/mol. The highest BCUT2D eigenvalue weighted by Crippen LogP contribution is 2.18. The third kappa shape index (κ3) is 3.49. The fourth-order valence-corrected chi connectivity index (χ4v) is 3.07. The number of aromatic amines is 1. The molecule has 1 amide bonds. The van der Waals surface area contributed by atoms with Gasteiger partial charge in [0.05, 0.1) is 17.8 Å². The van der Waals surface area contributed by atoms with E-state index in [-0.39, 0.29) is 18.1 Å². The van der Waals surface area contributed by atoms with Crippen molar-refractivity contribution in [2.75, 3.05) is 20.2 Å². The van der Waals surface area contributed by atoms with Crippen molar-refractivity contribution in [2.24, 2.45) is 0 Å². The molecule has 6 heteroatoms. The van der Waals surface area contributed by atoms with E-state index in [0.29, 0.717) is 11.6 Å². The number of H-pyrrole nitrogens is 1. The summed E-state index contributed by atoms with van der Waals surface area (Å²) in [6.07, 6.45) is 1.74. The Morgan fingerprint density at radius 3 is 2.62 bits per heavy atom. The minimum Gasteiger partial charge on any atom is -0.378 e. The normalized spacial score (nSPS) is 21.3. The summed E-state index contributed by atoms with van der Waals surface area (Å²) in [5.74, 6) is -0.0659. The Kier molecular flexibility index (Phi) is 4.97. The van der Waals surface area contributed by atoms with Crippen LogP contribution in [-0.2, 0) is 4.74 Å². The van der Waals surface area contributed by atoms with Crippen molar-refractivity contribution in [1.29, 1.82) is 0 Å². The van der Waals surface area contributed by atoms with Gasteiger partial charge in [0.1, 0.15) is 0 Å². The first-order valence-corrected chi connectivity index (χ1v) is 8.26. The van der Waals surface area contributed by atoms with Gasteiger partial charge in [-0.3, -0.25) is 14.8 Å². The summed E-state index contributed by atoms with van der Waals surface area (Å²) in [7, 11) is 1.70. The van der Waals surface area contributed by atoms with Crippen molar-refractivity contribution in [3.63, 3.8) is 0 Å². The van der Waals surface area contributed by atoms with E-state index in [1.807, 2.05) is 30.3 Å². The molecule has 1 aromatic carbocycles. The number of ether oxygens (including phenoxy) is 1. The molecule has 2 heterocycles. The van der Waals surface area contributed by atoms with E-state index in [9.17, 15) is 4.79 Å². The zero-order valence-electron chi connectivity index (χ0n) is 14.3. The van der Waals surface area contributed by atoms with Crippen molar-refractivity contribution in [3.8, 4) is 11.3 Å². The molecule has 0 bridgehead atoms. The first-order chi connectivity index (χ1) is 11.6. The Hall–Kier alpha value is -2.18. The highest BCUT2D eigenvalue weighted by molar-refractivity contribution is 5.94. The Morgan fingerprint density at radius 1 is 1.29 bits per heavy atom. The van der Waals surface area contributed by atoms with E-state index >= 15 is 0 Å². The molecule has 0 saturated carbocycles. The van der Waals surface area contributed by atoms with Crippen LogP contribution in [0.2, 0.25) is 0 Å². The number of hydrogen-bond donors (Lipinski definition) is 2. The summed E-state index contributed by atoms with van der Waals surface area (Å²) in [6, 6.07) is 9.87. The second-order valence-corrected chi connectivity index (χ2v) is 6.45. The number of likely N-dealkylation sites (tertiary alicyclic amines) is 1. The van der Waals surface area contributed by atoms with Crippen LogP contribution in [0.4, 0.5) is 0 Å². The number of nitrogens with one attached hydrogen (secondary N) is 2. The summed E-state index contributed by atoms with van der Waals surface area (Å²) in [5.41, 5.74) is 2.59. The lowest BCUT2D eigenvalue weighted by molar-refractivity contribution is 0.0753. The zero-order valence-corrected chi connectivity index (χ0v) is 14.3. The number of rotatable bonds is 5. The van der Waals surface area contributed by atoms with Crippen LogP contribution >= 0.6 is 0 Å². The third-order valence-corrected chi connectivity index (χ3v) is 4.60. The molecule has 24 heavy (non-hydrogen) atoms. The molecule has 0 aliphatic carbocycles. The maximum atomic E-state index is 12.5. The molecule has 3 rings (SSSR count). The molecule has 6 nitrogen and oxygen atoms in total. The molecule has 1 aromatic heterocycles. The van der Waals surface area contributed by atoms with Crippen LogP contribution in [0.25, 0.3) is 11.3 Å². The van der Waals surface area contributed by atoms with Crippen molar-refractivity contribution in [2.45, 2.75) is 32.0 Å². The van der Waals surface area contributed by atoms with Crippen LogP contribution in [0.5, 0.6) is 0 Å². The molecule has 1 fully saturated rings. The van der Waals surface area contributed by atoms with E-state index in [0.717, 1.165) is 24.3 Å². The summed E-state index contributed by atoms with van der Waals surface area (Å²) in [4.78, 5) is 14.9. The predicted molar refractivity (Wildman–Crippen MR) is 92.8 cm³/mol. The largest absolute Gasteiger partial charge is 0.378 e. The number of benzene rings is 1. The van der Waals surface area contributed by atoms with E-state index in [1.54, 1.807) is 13.3 Å². The van der Waals surface area contributed by atoms with E-state index in [4.69, 9.17) is 4.74 Å². The van der Waals surface area contributed by atoms with Gasteiger partial charge in [0.2, 0.25) is 0 Å². The monoisotopic (exact) mass is 328 g/mol. The molecule has 0 spiro atoms. The number of nitrogens with zero attached hydrogens (tertiary/aromatic N) is 2. The van der Waals surface area contributed by atoms with Gasteiger partial charge in [0.25, 0.3) is 5.91 Å². The number of carbonyl (C=O) groups excluding carboxylic acids is 1. The smallest absolute Gasteiger partial charge is 0.251 e. The van der Waals surface area contributed by atoms with Crippen LogP contribution in [0, 0.1) is 0 Å². The molecule has 128 valence electrons. The molecular weight excluding hydrogens is 304 g/mol. The van der Waals surface area contributed by atoms with Gasteiger partial charge < -0.3 is 10.1 Å². The van der Waals surface area contributed by atoms with Crippen molar-refractivity contribution >= 4 is 5.91 Å². The molecule has 1 saturated heterocycles. The SMILES string of the molecule is CO[C@@H]1CN(C(C)C)C[C@H]1NC(=O)c1ccc(-c2ccn[nH]2)cc1. The number of amides is 1. The van der Waals surface area contributed by atoms with E-state index in [1.165, 1.54) is 0 Å². The lowest BCUT2D eigenvalue weighted by atomic mass is 10.1. The van der Waals surface area contributed by atoms with Crippen LogP contribution in [0.3, 0.4) is 0 Å². The van der Waals surface area contributed by atoms with E-state index < -0.39 is 0 Å². The molecule has 0 unspecified atom stereocenters. The van der Waals surface area contributed by atoms with Gasteiger partial charge in [0.15, 0.2) is 0 Å². The molecule has 2 atom stereocenters. The van der Waals surface area contributed by atoms with Crippen molar-refractivity contribution in [3.05, 3.63) is 42.1 Å². The lowest BCUT2D eigenvalue weighted by Crippen LogP contribution is -2.43. The van der Waals surface area contributed by atoms with Gasteiger partial charge in [-0.1, -0.05) is 12.1 Å². The maximum Gasteiger partial charge on any atom is 0.251 e. The molecule has 2 N–H and O–H groups in total. The Balaban J connectivity index is 1.66. The Labute approximate surface area is 142 Å². The van der Waals surface area contributed by atoms with Crippen LogP contribution < -0.4 is 5.32 Å². The fourth-order valence-electron chi connectivity index (χ4n) is 3.07. The molecule has 0 radical (unpaired) electrons. The van der Waals surface area contributed by atoms with Crippen molar-refractivity contribution in [1.82, 2.24) is 20.4 Å². The standard InChI is InChI=1S/C18H24N4O2/c1-12(2)22-10-16(17(11-22)24-3)20-18(23)14-6-4-13(5-7-14)15-8-9-19-21-15/h4-9,12,16-17H,10-11H2,1-3H3,(H,19,21)(H,20,23)/t16-,17-/m1/s1. The van der Waals surface area contributed by atoms with Crippen LogP contribution in [-0.4, -0.2) is 59.4 Å². The molecular formula is C18H24N4O2. The Morgan fingerprint density at radius 2 is 2.04 bits per heavy atom. The highest BCUT2D eigenvalue weighted by atomic mass is 16.5. The number of methoxy groups -OCH3 is 1. The van der Waals surface area contributed by atoms with Gasteiger partial charge >= 0.3 is 0 Å². The van der Waals surface area contributed by atoms with E-state index in [2.05, 4.69) is 34.3 Å². The fraction of sp³-hybridized carbons (Fsp3) is 0.444. The Bertz CT molecular complexity index is 667. The second-order valence-electron chi connectivity index (χ2n) is 6.45. The first-order valence-electron chi connectivity index (χ1n) is 8.26. The average Bonchev–Trinajstić information content (AvgIpc) is 3.24. The summed E-state index contributed by atoms with van der Waals surface area (Å²) >= 11 is 0. The van der Waals surface area contributed by atoms with Gasteiger partial charge in [-0.25, -0.2) is 0 Å². The topological polar surface area (TPSA) is 70.2 Å². The van der Waals surface area contributed by atoms with Gasteiger partial charge in [-0.15, -0.1) is 0 Å². The predicted octanol–water partition coefficient (Wildman–Crippen LogP) is 1.91. The molecule has 2 aromatic rings. The highest BCUT2D eigenvalue weighted by Gasteiger charge is 2.35. The van der Waals surface area contributed by atoms with Crippen LogP contribution in [0.1, 0.15) is 24.2 Å². The molecule has 1 aliphatic rings. The minimum absolute atomic E-state index is 0.0113. The summed E-state index contributed by atoms with van der Waals surface area (Å²) < 4.78 is 5.54. The maximum absolute atomic E-state index is 12.5. The minimum atomic E-state index is -0.0659. The number of aromatic nitrogens is 2. The number of carbonyl (C=O) groups is 1.